The Morgan fingerprint density at radius 3 is 2.86 bits per heavy atom. The van der Waals surface area contributed by atoms with Crippen molar-refractivity contribution in [3.05, 3.63) is 22.0 Å². The average molecular weight is 212 g/mol. The lowest BCUT2D eigenvalue weighted by molar-refractivity contribution is -0.118. The topological polar surface area (TPSA) is 63.6 Å². The summed E-state index contributed by atoms with van der Waals surface area (Å²) in [6.07, 6.45) is 0. The lowest BCUT2D eigenvalue weighted by atomic mass is 10.1. The molecule has 0 radical (unpaired) electrons. The zero-order valence-corrected chi connectivity index (χ0v) is 8.31. The molecular weight excluding hydrogens is 204 g/mol. The van der Waals surface area contributed by atoms with Gasteiger partial charge in [0.1, 0.15) is 10.5 Å². The fraction of sp³-hybridized carbons (Fsp3) is 0.333. The van der Waals surface area contributed by atoms with E-state index < -0.39 is 11.6 Å². The minimum absolute atomic E-state index is 0.149. The predicted molar refractivity (Wildman–Crippen MR) is 50.8 cm³/mol. The highest BCUT2D eigenvalue weighted by atomic mass is 32.2. The minimum Gasteiger partial charge on any atom is -0.504 e. The molecule has 1 aliphatic heterocycles. The van der Waals surface area contributed by atoms with E-state index in [0.29, 0.717) is 17.3 Å². The maximum Gasteiger partial charge on any atom is 0.210 e. The lowest BCUT2D eigenvalue weighted by Crippen LogP contribution is -2.10. The summed E-state index contributed by atoms with van der Waals surface area (Å²) < 4.78 is 5.14. The van der Waals surface area contributed by atoms with Crippen molar-refractivity contribution in [1.82, 2.24) is 0 Å². The van der Waals surface area contributed by atoms with E-state index in [1.807, 2.05) is 0 Å². The van der Waals surface area contributed by atoms with E-state index in [9.17, 15) is 14.7 Å². The van der Waals surface area contributed by atoms with Gasteiger partial charge in [-0.3, -0.25) is 9.59 Å². The summed E-state index contributed by atoms with van der Waals surface area (Å²) in [5.41, 5.74) is -0.149. The van der Waals surface area contributed by atoms with Crippen LogP contribution in [0.25, 0.3) is 0 Å². The molecule has 0 aromatic carbocycles. The molecule has 0 saturated carbocycles. The van der Waals surface area contributed by atoms with Crippen molar-refractivity contribution in [3.63, 3.8) is 0 Å². The summed E-state index contributed by atoms with van der Waals surface area (Å²) >= 11 is 1.32. The van der Waals surface area contributed by atoms with E-state index in [4.69, 9.17) is 4.74 Å². The van der Waals surface area contributed by atoms with E-state index in [-0.39, 0.29) is 17.1 Å². The zero-order chi connectivity index (χ0) is 10.3. The Morgan fingerprint density at radius 1 is 1.57 bits per heavy atom. The Morgan fingerprint density at radius 2 is 2.29 bits per heavy atom. The number of ketones is 2. The Hall–Kier alpha value is -1.23. The SMILES string of the molecule is CC(=O)C1=C(O)C2=C(SCCO2)C1=O. The van der Waals surface area contributed by atoms with Gasteiger partial charge >= 0.3 is 0 Å². The smallest absolute Gasteiger partial charge is 0.210 e. The summed E-state index contributed by atoms with van der Waals surface area (Å²) in [6, 6.07) is 0. The number of hydrogen-bond acceptors (Lipinski definition) is 5. The van der Waals surface area contributed by atoms with Crippen molar-refractivity contribution in [3.8, 4) is 0 Å². The van der Waals surface area contributed by atoms with Gasteiger partial charge in [-0.1, -0.05) is 0 Å². The Kier molecular flexibility index (Phi) is 2.11. The summed E-state index contributed by atoms with van der Waals surface area (Å²) in [5.74, 6) is -0.287. The highest BCUT2D eigenvalue weighted by molar-refractivity contribution is 8.04. The summed E-state index contributed by atoms with van der Waals surface area (Å²) in [4.78, 5) is 23.0. The summed E-state index contributed by atoms with van der Waals surface area (Å²) in [6.45, 7) is 1.71. The number of rotatable bonds is 1. The van der Waals surface area contributed by atoms with Gasteiger partial charge in [0.2, 0.25) is 5.78 Å². The number of carbonyl (C=O) groups excluding carboxylic acids is 2. The fourth-order valence-corrected chi connectivity index (χ4v) is 2.31. The Bertz CT molecular complexity index is 392. The number of ether oxygens (including phenoxy) is 1. The molecule has 1 N–H and O–H groups in total. The normalized spacial score (nSPS) is 21.1. The first kappa shape index (κ1) is 9.33. The average Bonchev–Trinajstić information content (AvgIpc) is 2.41. The van der Waals surface area contributed by atoms with Gasteiger partial charge in [0.15, 0.2) is 17.3 Å². The van der Waals surface area contributed by atoms with Crippen LogP contribution in [-0.2, 0) is 14.3 Å². The number of carbonyl (C=O) groups is 2. The second-order valence-electron chi connectivity index (χ2n) is 2.96. The van der Waals surface area contributed by atoms with E-state index in [2.05, 4.69) is 0 Å². The molecule has 0 bridgehead atoms. The highest BCUT2D eigenvalue weighted by Gasteiger charge is 2.38. The van der Waals surface area contributed by atoms with Crippen LogP contribution < -0.4 is 0 Å². The third-order valence-corrected chi connectivity index (χ3v) is 3.05. The number of allylic oxidation sites excluding steroid dienone is 2. The molecule has 0 fully saturated rings. The number of thioether (sulfide) groups is 1. The molecule has 5 heteroatoms. The van der Waals surface area contributed by atoms with Crippen LogP contribution >= 0.6 is 11.8 Å². The Labute approximate surface area is 84.6 Å². The molecule has 0 unspecified atom stereocenters. The van der Waals surface area contributed by atoms with Gasteiger partial charge in [-0.05, 0) is 6.92 Å². The molecule has 1 aliphatic carbocycles. The van der Waals surface area contributed by atoms with E-state index in [0.717, 1.165) is 0 Å². The van der Waals surface area contributed by atoms with E-state index >= 15 is 0 Å². The van der Waals surface area contributed by atoms with Gasteiger partial charge in [-0.2, -0.15) is 0 Å². The van der Waals surface area contributed by atoms with Crippen molar-refractivity contribution < 1.29 is 19.4 Å². The molecule has 0 spiro atoms. The van der Waals surface area contributed by atoms with Crippen LogP contribution in [0.3, 0.4) is 0 Å². The molecule has 4 nitrogen and oxygen atoms in total. The van der Waals surface area contributed by atoms with Crippen LogP contribution in [0.5, 0.6) is 0 Å². The van der Waals surface area contributed by atoms with Crippen LogP contribution in [0, 0.1) is 0 Å². The van der Waals surface area contributed by atoms with Crippen LogP contribution in [0.2, 0.25) is 0 Å². The number of Topliss-reactive ketones (excluding diaryl/α,β-unsaturated/α-hetero) is 2. The number of aliphatic hydroxyl groups is 1. The first-order chi connectivity index (χ1) is 6.63. The van der Waals surface area contributed by atoms with Gasteiger partial charge in [0, 0.05) is 5.75 Å². The predicted octanol–water partition coefficient (Wildman–Crippen LogP) is 0.945. The minimum atomic E-state index is -0.425. The fourth-order valence-electron chi connectivity index (χ4n) is 1.42. The molecule has 1 heterocycles. The molecule has 0 amide bonds. The molecule has 0 aromatic heterocycles. The maximum atomic E-state index is 11.6. The third kappa shape index (κ3) is 1.16. The summed E-state index contributed by atoms with van der Waals surface area (Å²) in [7, 11) is 0. The summed E-state index contributed by atoms with van der Waals surface area (Å²) in [5, 5.41) is 9.57. The molecule has 74 valence electrons. The lowest BCUT2D eigenvalue weighted by Gasteiger charge is -2.13. The first-order valence-electron chi connectivity index (χ1n) is 4.12. The van der Waals surface area contributed by atoms with Crippen molar-refractivity contribution in [1.29, 1.82) is 0 Å². The van der Waals surface area contributed by atoms with Gasteiger partial charge in [-0.15, -0.1) is 11.8 Å². The van der Waals surface area contributed by atoms with Crippen molar-refractivity contribution in [2.45, 2.75) is 6.92 Å². The van der Waals surface area contributed by atoms with Crippen LogP contribution in [0.4, 0.5) is 0 Å². The van der Waals surface area contributed by atoms with Gasteiger partial charge < -0.3 is 9.84 Å². The van der Waals surface area contributed by atoms with Crippen molar-refractivity contribution >= 4 is 23.3 Å². The second-order valence-corrected chi connectivity index (χ2v) is 4.07. The van der Waals surface area contributed by atoms with E-state index in [1.54, 1.807) is 0 Å². The second kappa shape index (κ2) is 3.16. The van der Waals surface area contributed by atoms with Gasteiger partial charge in [0.25, 0.3) is 0 Å². The molecule has 0 atom stereocenters. The first-order valence-corrected chi connectivity index (χ1v) is 5.10. The highest BCUT2D eigenvalue weighted by Crippen LogP contribution is 2.38. The number of hydrogen-bond donors (Lipinski definition) is 1. The van der Waals surface area contributed by atoms with Gasteiger partial charge in [-0.25, -0.2) is 0 Å². The van der Waals surface area contributed by atoms with Crippen molar-refractivity contribution in [2.24, 2.45) is 0 Å². The molecule has 0 aromatic rings. The number of aliphatic hydroxyl groups excluding tert-OH is 1. The molecule has 0 saturated heterocycles. The van der Waals surface area contributed by atoms with Crippen LogP contribution in [0.1, 0.15) is 6.92 Å². The third-order valence-electron chi connectivity index (χ3n) is 2.02. The zero-order valence-electron chi connectivity index (χ0n) is 7.49. The van der Waals surface area contributed by atoms with Gasteiger partial charge in [0.05, 0.1) is 6.61 Å². The van der Waals surface area contributed by atoms with Crippen LogP contribution in [-0.4, -0.2) is 29.0 Å². The maximum absolute atomic E-state index is 11.6. The van der Waals surface area contributed by atoms with Crippen molar-refractivity contribution in [2.75, 3.05) is 12.4 Å². The molecule has 2 rings (SSSR count). The largest absolute Gasteiger partial charge is 0.504 e. The molecular formula is C9H8O4S. The van der Waals surface area contributed by atoms with E-state index in [1.165, 1.54) is 18.7 Å². The standard InChI is InChI=1S/C9H8O4S/c1-4(10)5-6(11)8-9(7(5)12)14-3-2-13-8/h11H,2-3H2,1H3. The molecule has 14 heavy (non-hydrogen) atoms. The Balaban J connectivity index is 2.48. The monoisotopic (exact) mass is 212 g/mol. The quantitative estimate of drug-likeness (QED) is 0.655. The van der Waals surface area contributed by atoms with Crippen LogP contribution in [0.15, 0.2) is 22.0 Å². The molecule has 2 aliphatic rings.